The monoisotopic (exact) mass is 383 g/mol. The number of fused-ring (bicyclic) bond motifs is 1. The van der Waals surface area contributed by atoms with Crippen LogP contribution in [0.3, 0.4) is 0 Å². The van der Waals surface area contributed by atoms with Crippen molar-refractivity contribution in [2.45, 2.75) is 0 Å². The molecule has 0 saturated carbocycles. The van der Waals surface area contributed by atoms with Gasteiger partial charge in [-0.25, -0.2) is 0 Å². The Kier molecular flexibility index (Phi) is 4.82. The Hall–Kier alpha value is -1.27. The van der Waals surface area contributed by atoms with Gasteiger partial charge in [0, 0.05) is 17.1 Å². The fourth-order valence-electron chi connectivity index (χ4n) is 2.27. The number of halogens is 2. The van der Waals surface area contributed by atoms with Gasteiger partial charge in [-0.2, -0.15) is 0 Å². The minimum atomic E-state index is -0.115. The molecule has 7 heteroatoms. The van der Waals surface area contributed by atoms with Crippen LogP contribution in [0.15, 0.2) is 41.3 Å². The van der Waals surface area contributed by atoms with Gasteiger partial charge in [-0.05, 0) is 29.9 Å². The second kappa shape index (κ2) is 6.69. The Bertz CT molecular complexity index is 787. The molecular formula is C16H11Cl2NO2S2. The number of amides is 1. The summed E-state index contributed by atoms with van der Waals surface area (Å²) in [6.07, 6.45) is 5.35. The van der Waals surface area contributed by atoms with Crippen LogP contribution in [-0.4, -0.2) is 28.3 Å². The summed E-state index contributed by atoms with van der Waals surface area (Å²) >= 11 is 18.6. The molecule has 1 aromatic carbocycles. The normalized spacial score (nSPS) is 18.8. The summed E-state index contributed by atoms with van der Waals surface area (Å²) in [5.74, 6) is 0.489. The molecule has 2 aliphatic heterocycles. The van der Waals surface area contributed by atoms with Crippen LogP contribution in [0.4, 0.5) is 0 Å². The number of rotatable bonds is 3. The molecule has 2 heterocycles. The Morgan fingerprint density at radius 1 is 1.43 bits per heavy atom. The van der Waals surface area contributed by atoms with E-state index in [0.717, 1.165) is 11.1 Å². The van der Waals surface area contributed by atoms with E-state index in [2.05, 4.69) is 6.58 Å². The first kappa shape index (κ1) is 16.6. The van der Waals surface area contributed by atoms with E-state index in [-0.39, 0.29) is 5.91 Å². The predicted octanol–water partition coefficient (Wildman–Crippen LogP) is 4.70. The Morgan fingerprint density at radius 3 is 2.96 bits per heavy atom. The fourth-order valence-corrected chi connectivity index (χ4v) is 4.13. The summed E-state index contributed by atoms with van der Waals surface area (Å²) in [5, 5.41) is 1.01. The molecule has 0 bridgehead atoms. The maximum Gasteiger partial charge on any atom is 0.266 e. The fraction of sp³-hybridized carbons (Fsp3) is 0.125. The van der Waals surface area contributed by atoms with E-state index in [9.17, 15) is 4.79 Å². The van der Waals surface area contributed by atoms with Crippen molar-refractivity contribution in [2.75, 3.05) is 13.2 Å². The minimum Gasteiger partial charge on any atom is -0.487 e. The second-order valence-electron chi connectivity index (χ2n) is 4.89. The molecule has 3 nitrogen and oxygen atoms in total. The van der Waals surface area contributed by atoms with E-state index in [1.165, 1.54) is 16.7 Å². The molecule has 118 valence electrons. The number of hydrogen-bond donors (Lipinski definition) is 0. The molecule has 0 atom stereocenters. The Balaban J connectivity index is 1.92. The van der Waals surface area contributed by atoms with Crippen LogP contribution >= 0.6 is 47.2 Å². The Morgan fingerprint density at radius 2 is 2.22 bits per heavy atom. The predicted molar refractivity (Wildman–Crippen MR) is 100 cm³/mol. The standard InChI is InChI=1S/C16H11Cl2NO2S2/c1-2-3-19-15(20)13(23-16(19)22)5-9-4-10-6-11(17)7-12(18)14(10)21-8-9/h2,4-7H,1,3,8H2/b13-5-. The molecule has 0 radical (unpaired) electrons. The van der Waals surface area contributed by atoms with Crippen molar-refractivity contribution < 1.29 is 9.53 Å². The SMILES string of the molecule is C=CCN1C(=O)/C(=C/C2=Cc3cc(Cl)cc(Cl)c3OC2)SC1=S. The van der Waals surface area contributed by atoms with Gasteiger partial charge in [0.25, 0.3) is 5.91 Å². The van der Waals surface area contributed by atoms with Gasteiger partial charge < -0.3 is 4.74 Å². The lowest BCUT2D eigenvalue weighted by atomic mass is 10.1. The largest absolute Gasteiger partial charge is 0.487 e. The van der Waals surface area contributed by atoms with Crippen molar-refractivity contribution >= 4 is 63.5 Å². The van der Waals surface area contributed by atoms with Gasteiger partial charge in [0.1, 0.15) is 16.7 Å². The highest BCUT2D eigenvalue weighted by molar-refractivity contribution is 8.26. The van der Waals surface area contributed by atoms with E-state index < -0.39 is 0 Å². The zero-order valence-electron chi connectivity index (χ0n) is 11.8. The average Bonchev–Trinajstić information content (AvgIpc) is 2.75. The first-order chi connectivity index (χ1) is 11.0. The van der Waals surface area contributed by atoms with E-state index in [4.69, 9.17) is 40.2 Å². The molecule has 0 unspecified atom stereocenters. The van der Waals surface area contributed by atoms with E-state index in [1.807, 2.05) is 6.08 Å². The number of thiocarbonyl (C=S) groups is 1. The van der Waals surface area contributed by atoms with Crippen molar-refractivity contribution in [1.82, 2.24) is 4.90 Å². The number of ether oxygens (including phenoxy) is 1. The van der Waals surface area contributed by atoms with E-state index in [0.29, 0.717) is 38.2 Å². The first-order valence-corrected chi connectivity index (χ1v) is 8.66. The summed E-state index contributed by atoms with van der Waals surface area (Å²) in [6, 6.07) is 3.42. The van der Waals surface area contributed by atoms with Gasteiger partial charge in [-0.15, -0.1) is 6.58 Å². The van der Waals surface area contributed by atoms with Crippen LogP contribution < -0.4 is 4.74 Å². The van der Waals surface area contributed by atoms with E-state index in [1.54, 1.807) is 24.3 Å². The van der Waals surface area contributed by atoms with Crippen molar-refractivity contribution in [2.24, 2.45) is 0 Å². The van der Waals surface area contributed by atoms with Crippen LogP contribution in [-0.2, 0) is 4.79 Å². The minimum absolute atomic E-state index is 0.115. The Labute approximate surface area is 153 Å². The first-order valence-electron chi connectivity index (χ1n) is 6.68. The van der Waals surface area contributed by atoms with Crippen molar-refractivity contribution in [3.8, 4) is 5.75 Å². The number of carbonyl (C=O) groups excluding carboxylic acids is 1. The summed E-state index contributed by atoms with van der Waals surface area (Å²) < 4.78 is 6.21. The van der Waals surface area contributed by atoms with Gasteiger partial charge in [0.15, 0.2) is 0 Å². The third kappa shape index (κ3) is 3.33. The lowest BCUT2D eigenvalue weighted by molar-refractivity contribution is -0.121. The second-order valence-corrected chi connectivity index (χ2v) is 7.41. The van der Waals surface area contributed by atoms with E-state index >= 15 is 0 Å². The van der Waals surface area contributed by atoms with Gasteiger partial charge in [0.05, 0.1) is 9.93 Å². The smallest absolute Gasteiger partial charge is 0.266 e. The molecule has 0 spiro atoms. The van der Waals surface area contributed by atoms with Crippen LogP contribution in [0.2, 0.25) is 10.0 Å². The summed E-state index contributed by atoms with van der Waals surface area (Å²) in [4.78, 5) is 14.4. The van der Waals surface area contributed by atoms with Gasteiger partial charge in [0.2, 0.25) is 0 Å². The molecule has 23 heavy (non-hydrogen) atoms. The van der Waals surface area contributed by atoms with Gasteiger partial charge in [-0.3, -0.25) is 9.69 Å². The maximum absolute atomic E-state index is 12.3. The van der Waals surface area contributed by atoms with Crippen molar-refractivity contribution in [1.29, 1.82) is 0 Å². The third-order valence-electron chi connectivity index (χ3n) is 3.26. The zero-order chi connectivity index (χ0) is 16.6. The lowest BCUT2D eigenvalue weighted by Gasteiger charge is -2.18. The van der Waals surface area contributed by atoms with Crippen LogP contribution in [0.1, 0.15) is 5.56 Å². The molecule has 1 fully saturated rings. The highest BCUT2D eigenvalue weighted by atomic mass is 35.5. The summed E-state index contributed by atoms with van der Waals surface area (Å²) in [7, 11) is 0. The average molecular weight is 384 g/mol. The molecule has 0 N–H and O–H groups in total. The molecule has 1 aromatic rings. The molecule has 1 amide bonds. The van der Waals surface area contributed by atoms with Crippen molar-refractivity contribution in [3.63, 3.8) is 0 Å². The quantitative estimate of drug-likeness (QED) is 0.429. The molecule has 2 aliphatic rings. The molecular weight excluding hydrogens is 373 g/mol. The number of hydrogen-bond acceptors (Lipinski definition) is 4. The number of thioether (sulfide) groups is 1. The number of nitrogens with zero attached hydrogens (tertiary/aromatic N) is 1. The molecule has 0 aliphatic carbocycles. The lowest BCUT2D eigenvalue weighted by Crippen LogP contribution is -2.27. The zero-order valence-corrected chi connectivity index (χ0v) is 15.0. The van der Waals surface area contributed by atoms with Crippen molar-refractivity contribution in [3.05, 3.63) is 57.0 Å². The molecule has 1 saturated heterocycles. The summed E-state index contributed by atoms with van der Waals surface area (Å²) in [6.45, 7) is 4.38. The van der Waals surface area contributed by atoms with Crippen LogP contribution in [0.5, 0.6) is 5.75 Å². The summed E-state index contributed by atoms with van der Waals surface area (Å²) in [5.41, 5.74) is 1.65. The maximum atomic E-state index is 12.3. The van der Waals surface area contributed by atoms with Gasteiger partial charge >= 0.3 is 0 Å². The van der Waals surface area contributed by atoms with Gasteiger partial charge in [-0.1, -0.05) is 53.3 Å². The highest BCUT2D eigenvalue weighted by Crippen LogP contribution is 2.38. The topological polar surface area (TPSA) is 29.5 Å². The molecule has 0 aromatic heterocycles. The van der Waals surface area contributed by atoms with Crippen LogP contribution in [0.25, 0.3) is 6.08 Å². The number of carbonyl (C=O) groups is 1. The number of benzene rings is 1. The third-order valence-corrected chi connectivity index (χ3v) is 5.14. The molecule has 3 rings (SSSR count). The highest BCUT2D eigenvalue weighted by Gasteiger charge is 2.31. The van der Waals surface area contributed by atoms with Crippen LogP contribution in [0, 0.1) is 0 Å².